The van der Waals surface area contributed by atoms with Crippen LogP contribution in [0.15, 0.2) is 24.3 Å². The van der Waals surface area contributed by atoms with Crippen LogP contribution in [0.4, 0.5) is 0 Å². The number of ether oxygens (including phenoxy) is 2. The molecule has 5 nitrogen and oxygen atoms in total. The van der Waals surface area contributed by atoms with Crippen molar-refractivity contribution in [3.05, 3.63) is 29.8 Å². The van der Waals surface area contributed by atoms with Crippen LogP contribution in [-0.4, -0.2) is 44.9 Å². The maximum atomic E-state index is 11.8. The summed E-state index contributed by atoms with van der Waals surface area (Å²) in [6.07, 6.45) is 1.83. The number of hydrogen-bond acceptors (Lipinski definition) is 4. The summed E-state index contributed by atoms with van der Waals surface area (Å²) < 4.78 is 10.9. The Kier molecular flexibility index (Phi) is 8.89. The smallest absolute Gasteiger partial charge is 0.239 e. The van der Waals surface area contributed by atoms with Crippen molar-refractivity contribution >= 4 is 18.3 Å². The van der Waals surface area contributed by atoms with Gasteiger partial charge in [0.15, 0.2) is 0 Å². The quantitative estimate of drug-likeness (QED) is 0.748. The van der Waals surface area contributed by atoms with Crippen molar-refractivity contribution in [2.75, 3.05) is 32.9 Å². The molecule has 6 heteroatoms. The van der Waals surface area contributed by atoms with Crippen LogP contribution < -0.4 is 15.4 Å². The van der Waals surface area contributed by atoms with E-state index in [0.717, 1.165) is 25.1 Å². The molecule has 2 rings (SSSR count). The largest absolute Gasteiger partial charge is 0.494 e. The molecule has 1 unspecified atom stereocenters. The molecule has 0 bridgehead atoms. The van der Waals surface area contributed by atoms with Gasteiger partial charge in [0, 0.05) is 13.1 Å². The second-order valence-corrected chi connectivity index (χ2v) is 5.24. The predicted octanol–water partition coefficient (Wildman–Crippen LogP) is 1.68. The predicted molar refractivity (Wildman–Crippen MR) is 88.8 cm³/mol. The minimum Gasteiger partial charge on any atom is -0.494 e. The van der Waals surface area contributed by atoms with Gasteiger partial charge < -0.3 is 20.1 Å². The van der Waals surface area contributed by atoms with Crippen LogP contribution in [0.1, 0.15) is 18.4 Å². The molecule has 0 aliphatic carbocycles. The fraction of sp³-hybridized carbons (Fsp3) is 0.562. The summed E-state index contributed by atoms with van der Waals surface area (Å²) >= 11 is 0. The van der Waals surface area contributed by atoms with Gasteiger partial charge in [0.1, 0.15) is 11.8 Å². The van der Waals surface area contributed by atoms with E-state index in [2.05, 4.69) is 17.6 Å². The van der Waals surface area contributed by atoms with Gasteiger partial charge in [-0.25, -0.2) is 0 Å². The summed E-state index contributed by atoms with van der Waals surface area (Å²) in [7, 11) is 0. The van der Waals surface area contributed by atoms with E-state index >= 15 is 0 Å². The second kappa shape index (κ2) is 10.4. The molecule has 0 radical (unpaired) electrons. The lowest BCUT2D eigenvalue weighted by Gasteiger charge is -2.22. The van der Waals surface area contributed by atoms with E-state index < -0.39 is 0 Å². The van der Waals surface area contributed by atoms with Crippen LogP contribution in [0.2, 0.25) is 0 Å². The fourth-order valence-corrected chi connectivity index (χ4v) is 2.12. The van der Waals surface area contributed by atoms with Crippen molar-refractivity contribution in [2.45, 2.75) is 25.8 Å². The number of carbonyl (C=O) groups excluding carboxylic acids is 1. The minimum absolute atomic E-state index is 0. The van der Waals surface area contributed by atoms with E-state index in [4.69, 9.17) is 9.47 Å². The lowest BCUT2D eigenvalue weighted by atomic mass is 10.2. The molecule has 0 saturated carbocycles. The van der Waals surface area contributed by atoms with Crippen molar-refractivity contribution in [3.8, 4) is 5.75 Å². The summed E-state index contributed by atoms with van der Waals surface area (Å²) in [6.45, 7) is 5.28. The van der Waals surface area contributed by atoms with Crippen LogP contribution in [-0.2, 0) is 9.53 Å². The average Bonchev–Trinajstić information content (AvgIpc) is 2.53. The van der Waals surface area contributed by atoms with Crippen LogP contribution in [0.5, 0.6) is 5.75 Å². The van der Waals surface area contributed by atoms with Crippen molar-refractivity contribution < 1.29 is 14.3 Å². The van der Waals surface area contributed by atoms with Crippen LogP contribution in [0.25, 0.3) is 0 Å². The number of rotatable bonds is 7. The zero-order valence-electron chi connectivity index (χ0n) is 13.0. The first-order chi connectivity index (χ1) is 10.3. The maximum absolute atomic E-state index is 11.8. The number of amides is 1. The lowest BCUT2D eigenvalue weighted by Crippen LogP contribution is -2.51. The van der Waals surface area contributed by atoms with Crippen LogP contribution in [0, 0.1) is 6.92 Å². The van der Waals surface area contributed by atoms with E-state index in [1.807, 2.05) is 24.3 Å². The van der Waals surface area contributed by atoms with Gasteiger partial charge in [-0.3, -0.25) is 4.79 Å². The second-order valence-electron chi connectivity index (χ2n) is 5.24. The van der Waals surface area contributed by atoms with Crippen LogP contribution in [0.3, 0.4) is 0 Å². The Labute approximate surface area is 138 Å². The number of nitrogens with one attached hydrogen (secondary N) is 2. The van der Waals surface area contributed by atoms with Gasteiger partial charge in [0.2, 0.25) is 5.91 Å². The summed E-state index contributed by atoms with van der Waals surface area (Å²) in [5.74, 6) is 0.919. The Morgan fingerprint density at radius 2 is 2.14 bits per heavy atom. The standard InChI is InChI=1S/C16H24N2O3.ClH/c1-13-4-6-14(7-5-13)21-10-3-2-8-18-16(19)15-12-20-11-9-17-15;/h4-7,15,17H,2-3,8-12H2,1H3,(H,18,19);1H. The van der Waals surface area contributed by atoms with Crippen molar-refractivity contribution in [1.29, 1.82) is 0 Å². The molecule has 1 atom stereocenters. The highest BCUT2D eigenvalue weighted by Crippen LogP contribution is 2.11. The summed E-state index contributed by atoms with van der Waals surface area (Å²) in [5.41, 5.74) is 1.23. The molecule has 1 aromatic carbocycles. The van der Waals surface area contributed by atoms with Crippen molar-refractivity contribution in [2.24, 2.45) is 0 Å². The number of carbonyl (C=O) groups is 1. The molecule has 1 saturated heterocycles. The first-order valence-corrected chi connectivity index (χ1v) is 7.54. The van der Waals surface area contributed by atoms with Gasteiger partial charge in [0.05, 0.1) is 19.8 Å². The molecule has 124 valence electrons. The first kappa shape index (κ1) is 18.7. The molecule has 0 aromatic heterocycles. The van der Waals surface area contributed by atoms with Gasteiger partial charge >= 0.3 is 0 Å². The van der Waals surface area contributed by atoms with Crippen LogP contribution >= 0.6 is 12.4 Å². The third kappa shape index (κ3) is 6.64. The van der Waals surface area contributed by atoms with E-state index in [9.17, 15) is 4.79 Å². The zero-order valence-corrected chi connectivity index (χ0v) is 13.8. The molecule has 1 aromatic rings. The third-order valence-electron chi connectivity index (χ3n) is 3.40. The minimum atomic E-state index is -0.206. The Morgan fingerprint density at radius 3 is 2.82 bits per heavy atom. The molecular formula is C16H25ClN2O3. The third-order valence-corrected chi connectivity index (χ3v) is 3.40. The molecule has 0 spiro atoms. The molecule has 22 heavy (non-hydrogen) atoms. The molecule has 1 amide bonds. The fourth-order valence-electron chi connectivity index (χ4n) is 2.12. The lowest BCUT2D eigenvalue weighted by molar-refractivity contribution is -0.125. The average molecular weight is 329 g/mol. The number of morpholine rings is 1. The van der Waals surface area contributed by atoms with E-state index in [-0.39, 0.29) is 24.4 Å². The van der Waals surface area contributed by atoms with Gasteiger partial charge in [-0.05, 0) is 31.9 Å². The number of benzene rings is 1. The van der Waals surface area contributed by atoms with Gasteiger partial charge in [-0.2, -0.15) is 0 Å². The first-order valence-electron chi connectivity index (χ1n) is 7.54. The highest BCUT2D eigenvalue weighted by Gasteiger charge is 2.20. The van der Waals surface area contributed by atoms with Gasteiger partial charge in [-0.1, -0.05) is 17.7 Å². The Bertz CT molecular complexity index is 434. The number of hydrogen-bond donors (Lipinski definition) is 2. The zero-order chi connectivity index (χ0) is 14.9. The molecule has 1 aliphatic heterocycles. The number of halogens is 1. The molecule has 1 fully saturated rings. The van der Waals surface area contributed by atoms with Crippen molar-refractivity contribution in [3.63, 3.8) is 0 Å². The summed E-state index contributed by atoms with van der Waals surface area (Å²) in [4.78, 5) is 11.8. The number of aryl methyl sites for hydroxylation is 1. The SMILES string of the molecule is Cc1ccc(OCCCCNC(=O)C2COCCN2)cc1.Cl. The number of unbranched alkanes of at least 4 members (excludes halogenated alkanes) is 1. The normalized spacial score (nSPS) is 17.4. The van der Waals surface area contributed by atoms with Gasteiger partial charge in [0.25, 0.3) is 0 Å². The summed E-state index contributed by atoms with van der Waals surface area (Å²) in [6, 6.07) is 7.82. The highest BCUT2D eigenvalue weighted by atomic mass is 35.5. The Balaban J connectivity index is 0.00000242. The van der Waals surface area contributed by atoms with E-state index in [1.165, 1.54) is 5.56 Å². The Morgan fingerprint density at radius 1 is 1.36 bits per heavy atom. The monoisotopic (exact) mass is 328 g/mol. The molecular weight excluding hydrogens is 304 g/mol. The summed E-state index contributed by atoms with van der Waals surface area (Å²) in [5, 5.41) is 6.06. The van der Waals surface area contributed by atoms with E-state index in [1.54, 1.807) is 0 Å². The molecule has 1 aliphatic rings. The molecule has 2 N–H and O–H groups in total. The Hall–Kier alpha value is -1.30. The molecule has 1 heterocycles. The maximum Gasteiger partial charge on any atom is 0.239 e. The van der Waals surface area contributed by atoms with E-state index in [0.29, 0.717) is 26.4 Å². The highest BCUT2D eigenvalue weighted by molar-refractivity contribution is 5.85. The van der Waals surface area contributed by atoms with Crippen molar-refractivity contribution in [1.82, 2.24) is 10.6 Å². The topological polar surface area (TPSA) is 59.6 Å². The van der Waals surface area contributed by atoms with Gasteiger partial charge in [-0.15, -0.1) is 12.4 Å².